The van der Waals surface area contributed by atoms with E-state index in [1.54, 1.807) is 0 Å². The van der Waals surface area contributed by atoms with Gasteiger partial charge >= 0.3 is 0 Å². The first-order chi connectivity index (χ1) is 5.38. The van der Waals surface area contributed by atoms with Crippen LogP contribution in [0, 0.1) is 5.92 Å². The molecule has 2 heteroatoms. The second-order valence-corrected chi connectivity index (χ2v) is 3.38. The van der Waals surface area contributed by atoms with Crippen molar-refractivity contribution in [1.82, 2.24) is 5.32 Å². The van der Waals surface area contributed by atoms with Crippen molar-refractivity contribution in [2.75, 3.05) is 20.7 Å². The topological polar surface area (TPSA) is 21.3 Å². The number of ether oxygens (including phenoxy) is 1. The van der Waals surface area contributed by atoms with Gasteiger partial charge in [-0.15, -0.1) is 0 Å². The van der Waals surface area contributed by atoms with E-state index in [4.69, 9.17) is 4.74 Å². The van der Waals surface area contributed by atoms with Gasteiger partial charge in [0.1, 0.15) is 0 Å². The first-order valence-corrected chi connectivity index (χ1v) is 4.56. The highest BCUT2D eigenvalue weighted by Crippen LogP contribution is 2.25. The summed E-state index contributed by atoms with van der Waals surface area (Å²) in [4.78, 5) is 0. The van der Waals surface area contributed by atoms with Gasteiger partial charge in [-0.2, -0.15) is 0 Å². The lowest BCUT2D eigenvalue weighted by Crippen LogP contribution is -2.33. The minimum atomic E-state index is 0.510. The Morgan fingerprint density at radius 1 is 1.36 bits per heavy atom. The molecule has 0 amide bonds. The van der Waals surface area contributed by atoms with Crippen LogP contribution in [0.25, 0.3) is 0 Å². The Morgan fingerprint density at radius 2 is 2.09 bits per heavy atom. The van der Waals surface area contributed by atoms with Crippen LogP contribution in [0.5, 0.6) is 0 Å². The fourth-order valence-corrected chi connectivity index (χ4v) is 1.98. The molecule has 0 aromatic rings. The molecule has 11 heavy (non-hydrogen) atoms. The smallest absolute Gasteiger partial charge is 0.0611 e. The minimum absolute atomic E-state index is 0.510. The molecule has 1 aliphatic carbocycles. The number of nitrogens with one attached hydrogen (secondary N) is 1. The second-order valence-electron chi connectivity index (χ2n) is 3.38. The second kappa shape index (κ2) is 4.73. The molecule has 0 aromatic carbocycles. The van der Waals surface area contributed by atoms with Crippen molar-refractivity contribution >= 4 is 0 Å². The van der Waals surface area contributed by atoms with Gasteiger partial charge in [-0.3, -0.25) is 0 Å². The van der Waals surface area contributed by atoms with Crippen LogP contribution in [-0.4, -0.2) is 26.8 Å². The third-order valence-electron chi connectivity index (χ3n) is 2.61. The quantitative estimate of drug-likeness (QED) is 0.669. The van der Waals surface area contributed by atoms with E-state index in [2.05, 4.69) is 5.32 Å². The summed E-state index contributed by atoms with van der Waals surface area (Å²) in [6.45, 7) is 1.11. The summed E-state index contributed by atoms with van der Waals surface area (Å²) in [6.07, 6.45) is 5.82. The average Bonchev–Trinajstić information content (AvgIpc) is 2.06. The SMILES string of the molecule is CNCC1CCCCC1OC. The van der Waals surface area contributed by atoms with Crippen molar-refractivity contribution in [3.63, 3.8) is 0 Å². The van der Waals surface area contributed by atoms with Crippen LogP contribution >= 0.6 is 0 Å². The Balaban J connectivity index is 2.31. The first kappa shape index (κ1) is 9.01. The summed E-state index contributed by atoms with van der Waals surface area (Å²) in [7, 11) is 3.85. The molecular formula is C9H19NO. The summed E-state index contributed by atoms with van der Waals surface area (Å²) in [5.74, 6) is 0.749. The summed E-state index contributed by atoms with van der Waals surface area (Å²) in [5, 5.41) is 3.22. The lowest BCUT2D eigenvalue weighted by Gasteiger charge is -2.30. The van der Waals surface area contributed by atoms with Gasteiger partial charge in [0.2, 0.25) is 0 Å². The summed E-state index contributed by atoms with van der Waals surface area (Å²) >= 11 is 0. The van der Waals surface area contributed by atoms with Crippen LogP contribution in [0.15, 0.2) is 0 Å². The monoisotopic (exact) mass is 157 g/mol. The van der Waals surface area contributed by atoms with Crippen molar-refractivity contribution in [2.24, 2.45) is 5.92 Å². The van der Waals surface area contributed by atoms with Gasteiger partial charge in [-0.05, 0) is 25.8 Å². The molecule has 0 aromatic heterocycles. The maximum atomic E-state index is 5.42. The maximum Gasteiger partial charge on any atom is 0.0611 e. The number of rotatable bonds is 3. The molecule has 1 saturated carbocycles. The number of hydrogen-bond donors (Lipinski definition) is 1. The van der Waals surface area contributed by atoms with Crippen LogP contribution in [0.4, 0.5) is 0 Å². The van der Waals surface area contributed by atoms with E-state index in [0.29, 0.717) is 6.10 Å². The zero-order valence-corrected chi connectivity index (χ0v) is 7.60. The third kappa shape index (κ3) is 2.46. The van der Waals surface area contributed by atoms with Crippen molar-refractivity contribution in [2.45, 2.75) is 31.8 Å². The molecule has 0 radical (unpaired) electrons. The van der Waals surface area contributed by atoms with Crippen LogP contribution in [0.2, 0.25) is 0 Å². The average molecular weight is 157 g/mol. The van der Waals surface area contributed by atoms with Crippen molar-refractivity contribution in [3.8, 4) is 0 Å². The summed E-state index contributed by atoms with van der Waals surface area (Å²) < 4.78 is 5.42. The fraction of sp³-hybridized carbons (Fsp3) is 1.00. The fourth-order valence-electron chi connectivity index (χ4n) is 1.98. The van der Waals surface area contributed by atoms with Gasteiger partial charge < -0.3 is 10.1 Å². The van der Waals surface area contributed by atoms with Gasteiger partial charge in [0.25, 0.3) is 0 Å². The van der Waals surface area contributed by atoms with Crippen LogP contribution < -0.4 is 5.32 Å². The first-order valence-electron chi connectivity index (χ1n) is 4.56. The van der Waals surface area contributed by atoms with E-state index in [9.17, 15) is 0 Å². The summed E-state index contributed by atoms with van der Waals surface area (Å²) in [6, 6.07) is 0. The highest BCUT2D eigenvalue weighted by atomic mass is 16.5. The highest BCUT2D eigenvalue weighted by Gasteiger charge is 2.23. The largest absolute Gasteiger partial charge is 0.381 e. The zero-order valence-electron chi connectivity index (χ0n) is 7.60. The van der Waals surface area contributed by atoms with Crippen LogP contribution in [0.1, 0.15) is 25.7 Å². The predicted molar refractivity (Wildman–Crippen MR) is 46.7 cm³/mol. The molecule has 2 nitrogen and oxygen atoms in total. The molecule has 1 fully saturated rings. The molecule has 0 saturated heterocycles. The van der Waals surface area contributed by atoms with E-state index >= 15 is 0 Å². The molecule has 0 spiro atoms. The van der Waals surface area contributed by atoms with Crippen molar-refractivity contribution in [3.05, 3.63) is 0 Å². The van der Waals surface area contributed by atoms with E-state index in [0.717, 1.165) is 12.5 Å². The minimum Gasteiger partial charge on any atom is -0.381 e. The molecule has 1 aliphatic rings. The normalized spacial score (nSPS) is 32.2. The lowest BCUT2D eigenvalue weighted by atomic mass is 9.86. The molecule has 0 heterocycles. The number of hydrogen-bond acceptors (Lipinski definition) is 2. The molecule has 2 unspecified atom stereocenters. The molecule has 0 bridgehead atoms. The van der Waals surface area contributed by atoms with E-state index in [1.165, 1.54) is 25.7 Å². The molecular weight excluding hydrogens is 138 g/mol. The molecule has 1 rings (SSSR count). The van der Waals surface area contributed by atoms with Crippen molar-refractivity contribution < 1.29 is 4.74 Å². The summed E-state index contributed by atoms with van der Waals surface area (Å²) in [5.41, 5.74) is 0. The van der Waals surface area contributed by atoms with Crippen molar-refractivity contribution in [1.29, 1.82) is 0 Å². The molecule has 66 valence electrons. The maximum absolute atomic E-state index is 5.42. The third-order valence-corrected chi connectivity index (χ3v) is 2.61. The van der Waals surface area contributed by atoms with Gasteiger partial charge in [0.15, 0.2) is 0 Å². The van der Waals surface area contributed by atoms with E-state index in [-0.39, 0.29) is 0 Å². The zero-order chi connectivity index (χ0) is 8.10. The Bertz CT molecular complexity index is 104. The Labute approximate surface area is 69.3 Å². The van der Waals surface area contributed by atoms with Gasteiger partial charge in [-0.1, -0.05) is 12.8 Å². The standard InChI is InChI=1S/C9H19NO/c1-10-7-8-5-3-4-6-9(8)11-2/h8-10H,3-7H2,1-2H3. The predicted octanol–water partition coefficient (Wildman–Crippen LogP) is 1.41. The Kier molecular flexibility index (Phi) is 3.87. The van der Waals surface area contributed by atoms with Gasteiger partial charge in [0, 0.05) is 13.7 Å². The Hall–Kier alpha value is -0.0800. The van der Waals surface area contributed by atoms with E-state index < -0.39 is 0 Å². The highest BCUT2D eigenvalue weighted by molar-refractivity contribution is 4.76. The molecule has 0 aliphatic heterocycles. The van der Waals surface area contributed by atoms with Gasteiger partial charge in [-0.25, -0.2) is 0 Å². The molecule has 1 N–H and O–H groups in total. The Morgan fingerprint density at radius 3 is 2.73 bits per heavy atom. The number of methoxy groups -OCH3 is 1. The van der Waals surface area contributed by atoms with Crippen LogP contribution in [0.3, 0.4) is 0 Å². The van der Waals surface area contributed by atoms with E-state index in [1.807, 2.05) is 14.2 Å². The van der Waals surface area contributed by atoms with Gasteiger partial charge in [0.05, 0.1) is 6.10 Å². The molecule has 2 atom stereocenters. The lowest BCUT2D eigenvalue weighted by molar-refractivity contribution is 0.0247. The van der Waals surface area contributed by atoms with Crippen LogP contribution in [-0.2, 0) is 4.74 Å².